The summed E-state index contributed by atoms with van der Waals surface area (Å²) in [4.78, 5) is 11.6. The number of Topliss-reactive ketones (excluding diaryl/α,β-unsaturated/α-hetero) is 1. The zero-order chi connectivity index (χ0) is 24.5. The van der Waals surface area contributed by atoms with Crippen LogP contribution in [-0.4, -0.2) is 24.5 Å². The Morgan fingerprint density at radius 2 is 1.65 bits per heavy atom. The van der Waals surface area contributed by atoms with Crippen molar-refractivity contribution in [2.45, 2.75) is 107 Å². The average molecular weight is 455 g/mol. The van der Waals surface area contributed by atoms with Crippen LogP contribution in [-0.2, 0) is 26.9 Å². The summed E-state index contributed by atoms with van der Waals surface area (Å²) in [6.07, 6.45) is 2.39. The molecule has 0 amide bonds. The lowest BCUT2D eigenvalue weighted by atomic mass is 10.0. The Hall–Kier alpha value is -1.31. The van der Waals surface area contributed by atoms with Crippen LogP contribution >= 0.6 is 9.03 Å². The standard InChI is InChI=1S/C15H20NO3P.C6H15N.2C2H6/c1-2-5-15(17)11-13-6-3-7-14(10-13)12-19-20-18-9-4-8-16;1-5(2)7-6(3)4;2*1-2/h3,6-7,10,20H,2,4-5,9,11-12H2,1H3;5-7H,1-4H3;2*1-2H3. The maximum absolute atomic E-state index is 11.6. The SMILES string of the molecule is CC.CC.CC(C)NC(C)C.CCCC(=O)Cc1cccc(COPOCCC#N)c1. The first-order valence-electron chi connectivity index (χ1n) is 11.6. The molecule has 0 radical (unpaired) electrons. The van der Waals surface area contributed by atoms with E-state index in [4.69, 9.17) is 14.3 Å². The predicted octanol–water partition coefficient (Wildman–Crippen LogP) is 7.00. The second-order valence-corrected chi connectivity index (χ2v) is 7.63. The van der Waals surface area contributed by atoms with Gasteiger partial charge in [-0.1, -0.05) is 86.6 Å². The van der Waals surface area contributed by atoms with Gasteiger partial charge in [-0.3, -0.25) is 4.79 Å². The van der Waals surface area contributed by atoms with Gasteiger partial charge in [0.25, 0.3) is 0 Å². The number of benzene rings is 1. The van der Waals surface area contributed by atoms with Crippen LogP contribution in [0.25, 0.3) is 0 Å². The number of nitrogens with one attached hydrogen (secondary N) is 1. The van der Waals surface area contributed by atoms with Crippen molar-refractivity contribution in [1.29, 1.82) is 5.26 Å². The summed E-state index contributed by atoms with van der Waals surface area (Å²) >= 11 is 0. The van der Waals surface area contributed by atoms with Gasteiger partial charge in [0.2, 0.25) is 0 Å². The van der Waals surface area contributed by atoms with Gasteiger partial charge in [-0.15, -0.1) is 0 Å². The van der Waals surface area contributed by atoms with E-state index in [2.05, 4.69) is 33.0 Å². The van der Waals surface area contributed by atoms with Crippen LogP contribution in [0, 0.1) is 11.3 Å². The molecule has 31 heavy (non-hydrogen) atoms. The van der Waals surface area contributed by atoms with Gasteiger partial charge in [0.05, 0.1) is 25.7 Å². The van der Waals surface area contributed by atoms with Crippen LogP contribution in [0.15, 0.2) is 24.3 Å². The number of rotatable bonds is 12. The maximum atomic E-state index is 11.6. The van der Waals surface area contributed by atoms with Crippen LogP contribution in [0.5, 0.6) is 0 Å². The molecule has 1 unspecified atom stereocenters. The molecule has 1 rings (SSSR count). The van der Waals surface area contributed by atoms with Crippen molar-refractivity contribution in [3.8, 4) is 6.07 Å². The van der Waals surface area contributed by atoms with Crippen LogP contribution in [0.2, 0.25) is 0 Å². The Labute approximate surface area is 194 Å². The Bertz CT molecular complexity index is 552. The molecule has 0 aliphatic heterocycles. The number of hydrogen-bond acceptors (Lipinski definition) is 5. The normalized spacial score (nSPS) is 9.87. The molecular weight excluding hydrogens is 407 g/mol. The first-order chi connectivity index (χ1) is 14.9. The molecule has 0 spiro atoms. The minimum absolute atomic E-state index is 0.0577. The van der Waals surface area contributed by atoms with E-state index in [1.807, 2.05) is 65.0 Å². The van der Waals surface area contributed by atoms with Crippen molar-refractivity contribution in [2.75, 3.05) is 6.61 Å². The maximum Gasteiger partial charge on any atom is 0.155 e. The molecule has 1 aromatic rings. The molecule has 0 heterocycles. The predicted molar refractivity (Wildman–Crippen MR) is 135 cm³/mol. The van der Waals surface area contributed by atoms with E-state index >= 15 is 0 Å². The fourth-order valence-electron chi connectivity index (χ4n) is 2.38. The quantitative estimate of drug-likeness (QED) is 0.272. The summed E-state index contributed by atoms with van der Waals surface area (Å²) in [5, 5.41) is 11.7. The molecule has 0 aromatic heterocycles. The minimum Gasteiger partial charge on any atom is -0.335 e. The average Bonchev–Trinajstić information content (AvgIpc) is 2.73. The minimum atomic E-state index is -0.0577. The number of ketones is 1. The highest BCUT2D eigenvalue weighted by Crippen LogP contribution is 2.18. The van der Waals surface area contributed by atoms with E-state index in [9.17, 15) is 4.79 Å². The van der Waals surface area contributed by atoms with Crippen LogP contribution in [0.3, 0.4) is 0 Å². The molecule has 6 heteroatoms. The highest BCUT2D eigenvalue weighted by Gasteiger charge is 2.03. The van der Waals surface area contributed by atoms with Gasteiger partial charge in [-0.25, -0.2) is 0 Å². The fourth-order valence-corrected chi connectivity index (χ4v) is 2.88. The summed E-state index contributed by atoms with van der Waals surface area (Å²) in [7, 11) is -0.0577. The molecule has 0 saturated heterocycles. The van der Waals surface area contributed by atoms with E-state index in [1.54, 1.807) is 0 Å². The first kappa shape index (κ1) is 34.3. The van der Waals surface area contributed by atoms with Crippen molar-refractivity contribution in [3.63, 3.8) is 0 Å². The lowest BCUT2D eigenvalue weighted by Gasteiger charge is -2.10. The van der Waals surface area contributed by atoms with Crippen molar-refractivity contribution in [1.82, 2.24) is 5.32 Å². The van der Waals surface area contributed by atoms with E-state index in [0.29, 0.717) is 44.6 Å². The summed E-state index contributed by atoms with van der Waals surface area (Å²) in [5.41, 5.74) is 2.06. The zero-order valence-corrected chi connectivity index (χ0v) is 22.4. The van der Waals surface area contributed by atoms with Gasteiger partial charge in [0.15, 0.2) is 9.03 Å². The third kappa shape index (κ3) is 26.7. The Balaban J connectivity index is -0.000000598. The molecule has 0 aliphatic carbocycles. The van der Waals surface area contributed by atoms with E-state index in [-0.39, 0.29) is 14.8 Å². The van der Waals surface area contributed by atoms with Crippen molar-refractivity contribution in [2.24, 2.45) is 0 Å². The second-order valence-electron chi connectivity index (χ2n) is 6.89. The summed E-state index contributed by atoms with van der Waals surface area (Å²) in [6, 6.07) is 11.1. The zero-order valence-electron chi connectivity index (χ0n) is 21.4. The van der Waals surface area contributed by atoms with E-state index in [0.717, 1.165) is 17.5 Å². The van der Waals surface area contributed by atoms with E-state index < -0.39 is 0 Å². The van der Waals surface area contributed by atoms with Crippen molar-refractivity contribution >= 4 is 14.8 Å². The largest absolute Gasteiger partial charge is 0.335 e. The number of carbonyl (C=O) groups excluding carboxylic acids is 1. The molecule has 180 valence electrons. The van der Waals surface area contributed by atoms with Crippen molar-refractivity contribution in [3.05, 3.63) is 35.4 Å². The lowest BCUT2D eigenvalue weighted by molar-refractivity contribution is -0.118. The smallest absolute Gasteiger partial charge is 0.155 e. The van der Waals surface area contributed by atoms with Crippen LogP contribution < -0.4 is 5.32 Å². The molecule has 1 aromatic carbocycles. The Morgan fingerprint density at radius 3 is 2.13 bits per heavy atom. The van der Waals surface area contributed by atoms with Gasteiger partial charge in [-0.2, -0.15) is 5.26 Å². The summed E-state index contributed by atoms with van der Waals surface area (Å²) in [6.45, 7) is 19.5. The van der Waals surface area contributed by atoms with Gasteiger partial charge in [0, 0.05) is 24.9 Å². The molecule has 0 bridgehead atoms. The summed E-state index contributed by atoms with van der Waals surface area (Å²) < 4.78 is 10.5. The molecule has 0 aliphatic rings. The highest BCUT2D eigenvalue weighted by molar-refractivity contribution is 7.26. The number of nitriles is 1. The number of nitrogens with zero attached hydrogens (tertiary/aromatic N) is 1. The summed E-state index contributed by atoms with van der Waals surface area (Å²) in [5.74, 6) is 0.271. The van der Waals surface area contributed by atoms with E-state index in [1.165, 1.54) is 0 Å². The molecule has 5 nitrogen and oxygen atoms in total. The topological polar surface area (TPSA) is 71.3 Å². The van der Waals surface area contributed by atoms with Gasteiger partial charge in [0.1, 0.15) is 5.78 Å². The molecule has 1 N–H and O–H groups in total. The third-order valence-corrected chi connectivity index (χ3v) is 3.84. The Kier molecular flexibility index (Phi) is 29.6. The number of carbonyl (C=O) groups is 1. The fraction of sp³-hybridized carbons (Fsp3) is 0.680. The van der Waals surface area contributed by atoms with Gasteiger partial charge in [-0.05, 0) is 17.5 Å². The lowest BCUT2D eigenvalue weighted by Crippen LogP contribution is -2.29. The molecular formula is C25H47N2O3P. The van der Waals surface area contributed by atoms with Gasteiger partial charge < -0.3 is 14.4 Å². The monoisotopic (exact) mass is 454 g/mol. The second kappa shape index (κ2) is 26.7. The van der Waals surface area contributed by atoms with Gasteiger partial charge >= 0.3 is 0 Å². The molecule has 1 atom stereocenters. The molecule has 0 fully saturated rings. The third-order valence-electron chi connectivity index (χ3n) is 3.26. The Morgan fingerprint density at radius 1 is 1.06 bits per heavy atom. The first-order valence-corrected chi connectivity index (χ1v) is 12.4. The van der Waals surface area contributed by atoms with Crippen LogP contribution in [0.4, 0.5) is 0 Å². The van der Waals surface area contributed by atoms with Crippen LogP contribution in [0.1, 0.15) is 92.7 Å². The number of hydrogen-bond donors (Lipinski definition) is 1. The highest BCUT2D eigenvalue weighted by atomic mass is 31.1. The van der Waals surface area contributed by atoms with Crippen molar-refractivity contribution < 1.29 is 13.8 Å². The molecule has 0 saturated carbocycles.